The molecule has 2 rings (SSSR count). The topological polar surface area (TPSA) is 37.8 Å². The van der Waals surface area contributed by atoms with Crippen molar-refractivity contribution in [3.8, 4) is 0 Å². The molecule has 0 amide bonds. The second-order valence-corrected chi connectivity index (χ2v) is 4.62. The first kappa shape index (κ1) is 10.4. The average Bonchev–Trinajstić information content (AvgIpc) is 2.30. The van der Waals surface area contributed by atoms with E-state index in [1.807, 2.05) is 12.1 Å². The predicted molar refractivity (Wildman–Crippen MR) is 61.6 cm³/mol. The van der Waals surface area contributed by atoms with E-state index in [0.29, 0.717) is 0 Å². The molecule has 0 radical (unpaired) electrons. The SMILES string of the molecule is CC1CCC(CNc2cccnn2)CC1. The van der Waals surface area contributed by atoms with Gasteiger partial charge < -0.3 is 5.32 Å². The van der Waals surface area contributed by atoms with Gasteiger partial charge in [0.2, 0.25) is 0 Å². The largest absolute Gasteiger partial charge is 0.368 e. The van der Waals surface area contributed by atoms with Gasteiger partial charge in [0.05, 0.1) is 0 Å². The predicted octanol–water partition coefficient (Wildman–Crippen LogP) is 2.71. The Kier molecular flexibility index (Phi) is 3.54. The Balaban J connectivity index is 1.74. The molecule has 0 bridgehead atoms. The van der Waals surface area contributed by atoms with Gasteiger partial charge in [0, 0.05) is 12.7 Å². The van der Waals surface area contributed by atoms with Crippen molar-refractivity contribution in [1.82, 2.24) is 10.2 Å². The van der Waals surface area contributed by atoms with Crippen LogP contribution < -0.4 is 5.32 Å². The van der Waals surface area contributed by atoms with Crippen molar-refractivity contribution in [3.05, 3.63) is 18.3 Å². The van der Waals surface area contributed by atoms with Crippen molar-refractivity contribution in [2.75, 3.05) is 11.9 Å². The summed E-state index contributed by atoms with van der Waals surface area (Å²) in [4.78, 5) is 0. The first-order valence-corrected chi connectivity index (χ1v) is 5.86. The Bertz CT molecular complexity index is 278. The maximum atomic E-state index is 4.02. The lowest BCUT2D eigenvalue weighted by Gasteiger charge is -2.26. The summed E-state index contributed by atoms with van der Waals surface area (Å²) in [5, 5.41) is 11.2. The summed E-state index contributed by atoms with van der Waals surface area (Å²) in [7, 11) is 0. The number of anilines is 1. The minimum Gasteiger partial charge on any atom is -0.368 e. The molecule has 1 aromatic heterocycles. The molecule has 0 aliphatic heterocycles. The van der Waals surface area contributed by atoms with Gasteiger partial charge in [0.25, 0.3) is 0 Å². The Labute approximate surface area is 91.3 Å². The second-order valence-electron chi connectivity index (χ2n) is 4.62. The number of rotatable bonds is 3. The van der Waals surface area contributed by atoms with Crippen LogP contribution in [0.2, 0.25) is 0 Å². The number of nitrogens with one attached hydrogen (secondary N) is 1. The van der Waals surface area contributed by atoms with Crippen LogP contribution in [-0.2, 0) is 0 Å². The number of nitrogens with zero attached hydrogens (tertiary/aromatic N) is 2. The maximum Gasteiger partial charge on any atom is 0.148 e. The fraction of sp³-hybridized carbons (Fsp3) is 0.667. The first-order valence-electron chi connectivity index (χ1n) is 5.86. The molecule has 0 aromatic carbocycles. The number of hydrogen-bond acceptors (Lipinski definition) is 3. The molecule has 0 saturated heterocycles. The van der Waals surface area contributed by atoms with Gasteiger partial charge >= 0.3 is 0 Å². The van der Waals surface area contributed by atoms with Gasteiger partial charge in [-0.1, -0.05) is 19.8 Å². The van der Waals surface area contributed by atoms with E-state index in [2.05, 4.69) is 22.4 Å². The molecule has 1 aliphatic rings. The quantitative estimate of drug-likeness (QED) is 0.824. The monoisotopic (exact) mass is 205 g/mol. The number of hydrogen-bond donors (Lipinski definition) is 1. The zero-order valence-corrected chi connectivity index (χ0v) is 9.32. The summed E-state index contributed by atoms with van der Waals surface area (Å²) in [5.74, 6) is 2.65. The molecule has 0 atom stereocenters. The summed E-state index contributed by atoms with van der Waals surface area (Å²) in [6.07, 6.45) is 7.18. The fourth-order valence-electron chi connectivity index (χ4n) is 2.18. The lowest BCUT2D eigenvalue weighted by molar-refractivity contribution is 0.300. The summed E-state index contributed by atoms with van der Waals surface area (Å²) >= 11 is 0. The van der Waals surface area contributed by atoms with E-state index in [0.717, 1.165) is 24.2 Å². The summed E-state index contributed by atoms with van der Waals surface area (Å²) in [6, 6.07) is 3.89. The van der Waals surface area contributed by atoms with E-state index in [1.165, 1.54) is 25.7 Å². The van der Waals surface area contributed by atoms with E-state index in [-0.39, 0.29) is 0 Å². The van der Waals surface area contributed by atoms with Gasteiger partial charge in [0.1, 0.15) is 5.82 Å². The van der Waals surface area contributed by atoms with E-state index in [9.17, 15) is 0 Å². The van der Waals surface area contributed by atoms with Gasteiger partial charge in [0.15, 0.2) is 0 Å². The Morgan fingerprint density at radius 1 is 1.33 bits per heavy atom. The minimum atomic E-state index is 0.822. The van der Waals surface area contributed by atoms with Gasteiger partial charge in [-0.05, 0) is 36.8 Å². The van der Waals surface area contributed by atoms with E-state index in [1.54, 1.807) is 6.20 Å². The van der Waals surface area contributed by atoms with Crippen molar-refractivity contribution in [2.24, 2.45) is 11.8 Å². The third-order valence-corrected chi connectivity index (χ3v) is 3.28. The zero-order chi connectivity index (χ0) is 10.5. The van der Waals surface area contributed by atoms with Crippen LogP contribution in [-0.4, -0.2) is 16.7 Å². The van der Waals surface area contributed by atoms with Crippen LogP contribution in [0.5, 0.6) is 0 Å². The second kappa shape index (κ2) is 5.10. The van der Waals surface area contributed by atoms with Crippen molar-refractivity contribution < 1.29 is 0 Å². The van der Waals surface area contributed by atoms with Crippen LogP contribution in [0.15, 0.2) is 18.3 Å². The highest BCUT2D eigenvalue weighted by Gasteiger charge is 2.17. The van der Waals surface area contributed by atoms with Crippen LogP contribution in [0.3, 0.4) is 0 Å². The third-order valence-electron chi connectivity index (χ3n) is 3.28. The summed E-state index contributed by atoms with van der Waals surface area (Å²) < 4.78 is 0. The highest BCUT2D eigenvalue weighted by molar-refractivity contribution is 5.31. The molecular weight excluding hydrogens is 186 g/mol. The Hall–Kier alpha value is -1.12. The maximum absolute atomic E-state index is 4.02. The number of aromatic nitrogens is 2. The van der Waals surface area contributed by atoms with Crippen LogP contribution in [0.25, 0.3) is 0 Å². The first-order chi connectivity index (χ1) is 7.34. The molecule has 3 heteroatoms. The molecule has 1 N–H and O–H groups in total. The molecule has 15 heavy (non-hydrogen) atoms. The molecule has 1 saturated carbocycles. The average molecular weight is 205 g/mol. The summed E-state index contributed by atoms with van der Waals surface area (Å²) in [5.41, 5.74) is 0. The van der Waals surface area contributed by atoms with Crippen LogP contribution in [0, 0.1) is 11.8 Å². The minimum absolute atomic E-state index is 0.822. The molecule has 1 aliphatic carbocycles. The smallest absolute Gasteiger partial charge is 0.148 e. The Morgan fingerprint density at radius 2 is 2.13 bits per heavy atom. The normalized spacial score (nSPS) is 26.2. The molecule has 3 nitrogen and oxygen atoms in total. The van der Waals surface area contributed by atoms with E-state index in [4.69, 9.17) is 0 Å². The van der Waals surface area contributed by atoms with Gasteiger partial charge in [-0.15, -0.1) is 5.10 Å². The van der Waals surface area contributed by atoms with Gasteiger partial charge in [-0.2, -0.15) is 5.10 Å². The molecule has 1 aromatic rings. The third kappa shape index (κ3) is 3.18. The van der Waals surface area contributed by atoms with Crippen molar-refractivity contribution in [2.45, 2.75) is 32.6 Å². The molecular formula is C12H19N3. The molecule has 1 heterocycles. The van der Waals surface area contributed by atoms with Crippen LogP contribution in [0.1, 0.15) is 32.6 Å². The standard InChI is InChI=1S/C12H19N3/c1-10-4-6-11(7-5-10)9-13-12-3-2-8-14-15-12/h2-3,8,10-11H,4-7,9H2,1H3,(H,13,15). The lowest BCUT2D eigenvalue weighted by Crippen LogP contribution is -2.20. The molecule has 0 unspecified atom stereocenters. The highest BCUT2D eigenvalue weighted by Crippen LogP contribution is 2.28. The van der Waals surface area contributed by atoms with Crippen molar-refractivity contribution in [3.63, 3.8) is 0 Å². The molecule has 0 spiro atoms. The summed E-state index contributed by atoms with van der Waals surface area (Å²) in [6.45, 7) is 3.40. The van der Waals surface area contributed by atoms with Crippen molar-refractivity contribution in [1.29, 1.82) is 0 Å². The van der Waals surface area contributed by atoms with Crippen LogP contribution in [0.4, 0.5) is 5.82 Å². The molecule has 82 valence electrons. The van der Waals surface area contributed by atoms with Gasteiger partial charge in [-0.25, -0.2) is 0 Å². The van der Waals surface area contributed by atoms with Gasteiger partial charge in [-0.3, -0.25) is 0 Å². The zero-order valence-electron chi connectivity index (χ0n) is 9.32. The van der Waals surface area contributed by atoms with Crippen molar-refractivity contribution >= 4 is 5.82 Å². The van der Waals surface area contributed by atoms with Crippen LogP contribution >= 0.6 is 0 Å². The van der Waals surface area contributed by atoms with E-state index < -0.39 is 0 Å². The molecule has 1 fully saturated rings. The van der Waals surface area contributed by atoms with E-state index >= 15 is 0 Å². The highest BCUT2D eigenvalue weighted by atomic mass is 15.2. The fourth-order valence-corrected chi connectivity index (χ4v) is 2.18. The Morgan fingerprint density at radius 3 is 2.80 bits per heavy atom. The lowest BCUT2D eigenvalue weighted by atomic mass is 9.83.